The lowest BCUT2D eigenvalue weighted by Gasteiger charge is -2.33. The summed E-state index contributed by atoms with van der Waals surface area (Å²) < 4.78 is 0. The molecule has 0 aliphatic carbocycles. The summed E-state index contributed by atoms with van der Waals surface area (Å²) in [5.74, 6) is 0.990. The highest BCUT2D eigenvalue weighted by Gasteiger charge is 2.29. The number of thiol groups is 1. The average molecular weight is 318 g/mol. The Labute approximate surface area is 139 Å². The number of amidine groups is 1. The van der Waals surface area contributed by atoms with Crippen molar-refractivity contribution in [2.45, 2.75) is 37.1 Å². The molecule has 0 unspecified atom stereocenters. The maximum atomic E-state index is 4.68. The lowest BCUT2D eigenvalue weighted by Crippen LogP contribution is -2.37. The van der Waals surface area contributed by atoms with Crippen molar-refractivity contribution in [1.82, 2.24) is 4.90 Å². The molecule has 3 fully saturated rings. The van der Waals surface area contributed by atoms with Crippen molar-refractivity contribution < 1.29 is 0 Å². The number of benzene rings is 1. The van der Waals surface area contributed by atoms with Gasteiger partial charge in [-0.15, -0.1) is 12.6 Å². The van der Waals surface area contributed by atoms with Crippen LogP contribution < -0.4 is 10.2 Å². The summed E-state index contributed by atoms with van der Waals surface area (Å²) in [6.45, 7) is 6.91. The summed E-state index contributed by atoms with van der Waals surface area (Å²) >= 11 is 4.68. The predicted octanol–water partition coefficient (Wildman–Crippen LogP) is 3.11. The van der Waals surface area contributed by atoms with Crippen molar-refractivity contribution in [3.8, 4) is 0 Å². The fourth-order valence-electron chi connectivity index (χ4n) is 3.49. The number of nitrogens with one attached hydrogen (secondary N) is 1. The van der Waals surface area contributed by atoms with Gasteiger partial charge in [0.2, 0.25) is 0 Å². The van der Waals surface area contributed by atoms with E-state index in [0.717, 1.165) is 29.4 Å². The zero-order valence-electron chi connectivity index (χ0n) is 13.5. The van der Waals surface area contributed by atoms with Gasteiger partial charge in [-0.2, -0.15) is 0 Å². The van der Waals surface area contributed by atoms with Crippen molar-refractivity contribution in [3.05, 3.63) is 18.2 Å². The predicted molar refractivity (Wildman–Crippen MR) is 97.8 cm³/mol. The van der Waals surface area contributed by atoms with Crippen LogP contribution in [0.15, 0.2) is 28.1 Å². The number of nitrogens with zero attached hydrogens (tertiary/aromatic N) is 3. The van der Waals surface area contributed by atoms with E-state index in [4.69, 9.17) is 0 Å². The van der Waals surface area contributed by atoms with Crippen LogP contribution in [0.5, 0.6) is 0 Å². The van der Waals surface area contributed by atoms with Gasteiger partial charge in [-0.3, -0.25) is 4.99 Å². The van der Waals surface area contributed by atoms with E-state index in [1.807, 2.05) is 7.05 Å². The SMILES string of the molecule is CCC(=NC)Nc1ccc(N2CCN3CCC2CC3)cc1S. The molecule has 0 atom stereocenters. The third-order valence-electron chi connectivity index (χ3n) is 4.85. The molecule has 1 aromatic carbocycles. The molecule has 3 aliphatic rings. The maximum absolute atomic E-state index is 4.68. The van der Waals surface area contributed by atoms with Gasteiger partial charge in [-0.05, 0) is 31.0 Å². The largest absolute Gasteiger partial charge is 0.367 e. The summed E-state index contributed by atoms with van der Waals surface area (Å²) in [5, 5.41) is 3.37. The normalized spacial score (nSPS) is 25.2. The molecule has 3 aliphatic heterocycles. The van der Waals surface area contributed by atoms with E-state index in [2.05, 4.69) is 57.9 Å². The highest BCUT2D eigenvalue weighted by Crippen LogP contribution is 2.31. The summed E-state index contributed by atoms with van der Waals surface area (Å²) in [6.07, 6.45) is 3.46. The van der Waals surface area contributed by atoms with E-state index < -0.39 is 0 Å². The van der Waals surface area contributed by atoms with Gasteiger partial charge in [-0.25, -0.2) is 0 Å². The van der Waals surface area contributed by atoms with Gasteiger partial charge in [0, 0.05) is 56.3 Å². The summed E-state index contributed by atoms with van der Waals surface area (Å²) in [6, 6.07) is 7.24. The minimum absolute atomic E-state index is 0.689. The zero-order valence-corrected chi connectivity index (χ0v) is 14.4. The van der Waals surface area contributed by atoms with E-state index in [-0.39, 0.29) is 0 Å². The Morgan fingerprint density at radius 3 is 2.68 bits per heavy atom. The van der Waals surface area contributed by atoms with Crippen molar-refractivity contribution in [2.75, 3.05) is 43.4 Å². The smallest absolute Gasteiger partial charge is 0.100 e. The summed E-state index contributed by atoms with van der Waals surface area (Å²) in [7, 11) is 1.82. The summed E-state index contributed by atoms with van der Waals surface area (Å²) in [5.41, 5.74) is 2.34. The Balaban J connectivity index is 1.79. The molecule has 120 valence electrons. The summed E-state index contributed by atoms with van der Waals surface area (Å²) in [4.78, 5) is 10.4. The molecule has 2 bridgehead atoms. The first-order chi connectivity index (χ1) is 10.7. The van der Waals surface area contributed by atoms with E-state index in [9.17, 15) is 0 Å². The van der Waals surface area contributed by atoms with Crippen LogP contribution in [0.4, 0.5) is 11.4 Å². The van der Waals surface area contributed by atoms with Crippen LogP contribution in [0.2, 0.25) is 0 Å². The van der Waals surface area contributed by atoms with E-state index >= 15 is 0 Å². The van der Waals surface area contributed by atoms with Gasteiger partial charge in [0.25, 0.3) is 0 Å². The molecule has 4 rings (SSSR count). The Morgan fingerprint density at radius 2 is 2.05 bits per heavy atom. The molecule has 0 amide bonds. The van der Waals surface area contributed by atoms with E-state index in [0.29, 0.717) is 6.04 Å². The van der Waals surface area contributed by atoms with Crippen LogP contribution in [-0.4, -0.2) is 50.0 Å². The first-order valence-corrected chi connectivity index (χ1v) is 8.70. The third kappa shape index (κ3) is 3.25. The number of piperidine rings is 1. The third-order valence-corrected chi connectivity index (χ3v) is 5.22. The highest BCUT2D eigenvalue weighted by atomic mass is 32.1. The van der Waals surface area contributed by atoms with Crippen LogP contribution in [0, 0.1) is 0 Å². The Hall–Kier alpha value is -1.20. The second-order valence-electron chi connectivity index (χ2n) is 6.12. The Kier molecular flexibility index (Phi) is 4.93. The molecule has 5 heteroatoms. The van der Waals surface area contributed by atoms with E-state index in [1.54, 1.807) is 0 Å². The van der Waals surface area contributed by atoms with Gasteiger partial charge in [-0.1, -0.05) is 6.92 Å². The molecule has 22 heavy (non-hydrogen) atoms. The molecule has 3 heterocycles. The van der Waals surface area contributed by atoms with Gasteiger partial charge in [0.15, 0.2) is 0 Å². The monoisotopic (exact) mass is 318 g/mol. The standard InChI is InChI=1S/C17H26N4S/c1-3-17(18-2)19-15-5-4-14(12-16(15)22)21-11-10-20-8-6-13(21)7-9-20/h4-5,12-13,22H,3,6-11H2,1-2H3,(H,18,19). The van der Waals surface area contributed by atoms with Crippen LogP contribution in [0.25, 0.3) is 0 Å². The first kappa shape index (κ1) is 15.7. The quantitative estimate of drug-likeness (QED) is 0.510. The number of hydrogen-bond acceptors (Lipinski definition) is 4. The molecule has 4 nitrogen and oxygen atoms in total. The lowest BCUT2D eigenvalue weighted by molar-refractivity contribution is 0.250. The highest BCUT2D eigenvalue weighted by molar-refractivity contribution is 7.80. The van der Waals surface area contributed by atoms with Crippen LogP contribution in [0.3, 0.4) is 0 Å². The molecule has 1 aromatic rings. The van der Waals surface area contributed by atoms with Crippen LogP contribution >= 0.6 is 12.6 Å². The second kappa shape index (κ2) is 6.92. The fraction of sp³-hybridized carbons (Fsp3) is 0.588. The number of anilines is 2. The van der Waals surface area contributed by atoms with Crippen molar-refractivity contribution in [2.24, 2.45) is 4.99 Å². The van der Waals surface area contributed by atoms with Gasteiger partial charge in [0.05, 0.1) is 5.69 Å². The zero-order chi connectivity index (χ0) is 15.5. The van der Waals surface area contributed by atoms with Crippen molar-refractivity contribution in [3.63, 3.8) is 0 Å². The van der Waals surface area contributed by atoms with Gasteiger partial charge < -0.3 is 15.1 Å². The van der Waals surface area contributed by atoms with Gasteiger partial charge in [0.1, 0.15) is 5.84 Å². The fourth-order valence-corrected chi connectivity index (χ4v) is 3.75. The van der Waals surface area contributed by atoms with Crippen LogP contribution in [0.1, 0.15) is 26.2 Å². The van der Waals surface area contributed by atoms with Gasteiger partial charge >= 0.3 is 0 Å². The minimum Gasteiger partial charge on any atom is -0.367 e. The molecular weight excluding hydrogens is 292 g/mol. The average Bonchev–Trinajstić information content (AvgIpc) is 2.87. The Morgan fingerprint density at radius 1 is 1.27 bits per heavy atom. The molecule has 0 aromatic heterocycles. The second-order valence-corrected chi connectivity index (χ2v) is 6.60. The molecule has 0 spiro atoms. The first-order valence-electron chi connectivity index (χ1n) is 8.26. The topological polar surface area (TPSA) is 30.9 Å². The number of fused-ring (bicyclic) bond motifs is 4. The number of rotatable bonds is 3. The van der Waals surface area contributed by atoms with Crippen molar-refractivity contribution >= 4 is 29.8 Å². The molecule has 0 saturated carbocycles. The molecule has 0 radical (unpaired) electrons. The molecule has 1 N–H and O–H groups in total. The van der Waals surface area contributed by atoms with Crippen molar-refractivity contribution in [1.29, 1.82) is 0 Å². The Bertz CT molecular complexity index is 550. The number of aliphatic imine (C=N–C) groups is 1. The molecular formula is C17H26N4S. The lowest BCUT2D eigenvalue weighted by atomic mass is 10.0. The van der Waals surface area contributed by atoms with Crippen LogP contribution in [-0.2, 0) is 0 Å². The minimum atomic E-state index is 0.689. The maximum Gasteiger partial charge on any atom is 0.100 e. The number of hydrogen-bond donors (Lipinski definition) is 2. The molecule has 3 saturated heterocycles. The van der Waals surface area contributed by atoms with E-state index in [1.165, 1.54) is 38.2 Å².